The van der Waals surface area contributed by atoms with Gasteiger partial charge in [0.25, 0.3) is 0 Å². The highest BCUT2D eigenvalue weighted by molar-refractivity contribution is 5.88. The highest BCUT2D eigenvalue weighted by Gasteiger charge is 2.28. The summed E-state index contributed by atoms with van der Waals surface area (Å²) >= 11 is 0. The second-order valence-corrected chi connectivity index (χ2v) is 7.16. The second kappa shape index (κ2) is 9.36. The van der Waals surface area contributed by atoms with E-state index in [-0.39, 0.29) is 11.8 Å². The van der Waals surface area contributed by atoms with E-state index in [2.05, 4.69) is 17.4 Å². The summed E-state index contributed by atoms with van der Waals surface area (Å²) in [6.45, 7) is 8.44. The van der Waals surface area contributed by atoms with E-state index in [0.717, 1.165) is 27.8 Å². The number of aryl methyl sites for hydroxylation is 3. The number of hydrogen-bond donors (Lipinski definition) is 1. The Morgan fingerprint density at radius 1 is 1.04 bits per heavy atom. The van der Waals surface area contributed by atoms with Crippen molar-refractivity contribution in [2.24, 2.45) is 0 Å². The Labute approximate surface area is 162 Å². The zero-order valence-electron chi connectivity index (χ0n) is 17.0. The fourth-order valence-electron chi connectivity index (χ4n) is 3.35. The predicted molar refractivity (Wildman–Crippen MR) is 109 cm³/mol. The topological polar surface area (TPSA) is 49.4 Å². The molecule has 0 unspecified atom stereocenters. The van der Waals surface area contributed by atoms with Crippen molar-refractivity contribution in [3.63, 3.8) is 0 Å². The summed E-state index contributed by atoms with van der Waals surface area (Å²) in [5.41, 5.74) is 5.42. The van der Waals surface area contributed by atoms with Gasteiger partial charge in [-0.05, 0) is 43.9 Å². The van der Waals surface area contributed by atoms with E-state index in [0.29, 0.717) is 19.4 Å². The number of likely N-dealkylation sites (N-methyl/N-ethyl adjacent to an activating group) is 1. The van der Waals surface area contributed by atoms with Crippen LogP contribution in [-0.2, 0) is 22.6 Å². The van der Waals surface area contributed by atoms with Gasteiger partial charge in [0.15, 0.2) is 0 Å². The summed E-state index contributed by atoms with van der Waals surface area (Å²) in [7, 11) is 1.62. The number of amides is 2. The van der Waals surface area contributed by atoms with Crippen LogP contribution < -0.4 is 5.32 Å². The smallest absolute Gasteiger partial charge is 0.242 e. The molecule has 0 aromatic heterocycles. The molecule has 2 rings (SSSR count). The minimum absolute atomic E-state index is 0.0272. The average molecular weight is 367 g/mol. The van der Waals surface area contributed by atoms with Crippen LogP contribution in [0.2, 0.25) is 0 Å². The quantitative estimate of drug-likeness (QED) is 0.812. The number of nitrogens with one attached hydrogen (secondary N) is 1. The summed E-state index contributed by atoms with van der Waals surface area (Å²) in [6.07, 6.45) is 0.872. The van der Waals surface area contributed by atoms with Gasteiger partial charge >= 0.3 is 0 Å². The van der Waals surface area contributed by atoms with Gasteiger partial charge < -0.3 is 10.2 Å². The summed E-state index contributed by atoms with van der Waals surface area (Å²) in [5, 5.41) is 2.70. The maximum absolute atomic E-state index is 13.2. The molecule has 27 heavy (non-hydrogen) atoms. The number of rotatable bonds is 7. The SMILES string of the molecule is CC[C@H](C(=O)NC)N(Cc1cccc(C)c1)C(=O)Cc1cc(C)ccc1C. The largest absolute Gasteiger partial charge is 0.357 e. The van der Waals surface area contributed by atoms with E-state index in [1.54, 1.807) is 11.9 Å². The van der Waals surface area contributed by atoms with Crippen LogP contribution in [0.3, 0.4) is 0 Å². The lowest BCUT2D eigenvalue weighted by atomic mass is 10.0. The van der Waals surface area contributed by atoms with E-state index < -0.39 is 6.04 Å². The zero-order valence-corrected chi connectivity index (χ0v) is 17.0. The molecule has 0 spiro atoms. The maximum atomic E-state index is 13.2. The molecule has 2 amide bonds. The van der Waals surface area contributed by atoms with Crippen molar-refractivity contribution in [1.29, 1.82) is 0 Å². The van der Waals surface area contributed by atoms with Gasteiger partial charge in [0.05, 0.1) is 6.42 Å². The summed E-state index contributed by atoms with van der Waals surface area (Å²) in [5.74, 6) is -0.153. The molecule has 0 bridgehead atoms. The number of carbonyl (C=O) groups excluding carboxylic acids is 2. The first-order chi connectivity index (χ1) is 12.8. The van der Waals surface area contributed by atoms with E-state index >= 15 is 0 Å². The molecule has 1 N–H and O–H groups in total. The third-order valence-corrected chi connectivity index (χ3v) is 4.91. The normalized spacial score (nSPS) is 11.7. The molecular formula is C23H30N2O2. The Morgan fingerprint density at radius 3 is 2.37 bits per heavy atom. The van der Waals surface area contributed by atoms with E-state index in [1.807, 2.05) is 58.0 Å². The van der Waals surface area contributed by atoms with Crippen LogP contribution in [-0.4, -0.2) is 29.8 Å². The van der Waals surface area contributed by atoms with Gasteiger partial charge in [-0.3, -0.25) is 9.59 Å². The number of carbonyl (C=O) groups is 2. The van der Waals surface area contributed by atoms with Gasteiger partial charge in [0, 0.05) is 13.6 Å². The lowest BCUT2D eigenvalue weighted by Gasteiger charge is -2.30. The molecule has 0 aliphatic heterocycles. The van der Waals surface area contributed by atoms with Crippen LogP contribution in [0.4, 0.5) is 0 Å². The monoisotopic (exact) mass is 366 g/mol. The predicted octanol–water partition coefficient (Wildman–Crippen LogP) is 3.71. The Balaban J connectivity index is 2.33. The number of benzene rings is 2. The van der Waals surface area contributed by atoms with Gasteiger partial charge in [-0.25, -0.2) is 0 Å². The molecule has 0 aliphatic carbocycles. The number of nitrogens with zero attached hydrogens (tertiary/aromatic N) is 1. The fraction of sp³-hybridized carbons (Fsp3) is 0.391. The van der Waals surface area contributed by atoms with E-state index in [4.69, 9.17) is 0 Å². The first-order valence-corrected chi connectivity index (χ1v) is 9.48. The van der Waals surface area contributed by atoms with E-state index in [9.17, 15) is 9.59 Å². The Bertz CT molecular complexity index is 814. The highest BCUT2D eigenvalue weighted by Crippen LogP contribution is 2.17. The van der Waals surface area contributed by atoms with Crippen LogP contribution in [0.25, 0.3) is 0 Å². The van der Waals surface area contributed by atoms with Crippen LogP contribution in [0.15, 0.2) is 42.5 Å². The molecule has 144 valence electrons. The summed E-state index contributed by atoms with van der Waals surface area (Å²) in [4.78, 5) is 27.4. The Hall–Kier alpha value is -2.62. The van der Waals surface area contributed by atoms with Crippen molar-refractivity contribution < 1.29 is 9.59 Å². The molecule has 0 fully saturated rings. The lowest BCUT2D eigenvalue weighted by Crippen LogP contribution is -2.48. The van der Waals surface area contributed by atoms with Crippen molar-refractivity contribution >= 4 is 11.8 Å². The molecule has 0 radical (unpaired) electrons. The van der Waals surface area contributed by atoms with Crippen molar-refractivity contribution in [2.45, 2.75) is 53.1 Å². The van der Waals surface area contributed by atoms with Crippen molar-refractivity contribution in [3.05, 3.63) is 70.3 Å². The van der Waals surface area contributed by atoms with E-state index in [1.165, 1.54) is 0 Å². The standard InChI is InChI=1S/C23H30N2O2/c1-6-21(23(27)24-5)25(15-19-9-7-8-16(2)12-19)22(26)14-20-13-17(3)10-11-18(20)4/h7-13,21H,6,14-15H2,1-5H3,(H,24,27)/t21-/m1/s1. The third kappa shape index (κ3) is 5.43. The zero-order chi connectivity index (χ0) is 20.0. The van der Waals surface area contributed by atoms with Crippen LogP contribution in [0.1, 0.15) is 41.2 Å². The second-order valence-electron chi connectivity index (χ2n) is 7.16. The van der Waals surface area contributed by atoms with Gasteiger partial charge in [-0.1, -0.05) is 60.5 Å². The summed E-state index contributed by atoms with van der Waals surface area (Å²) in [6, 6.07) is 13.7. The molecule has 4 heteroatoms. The molecule has 0 saturated carbocycles. The van der Waals surface area contributed by atoms with Gasteiger partial charge in [-0.15, -0.1) is 0 Å². The van der Waals surface area contributed by atoms with Gasteiger partial charge in [0.2, 0.25) is 11.8 Å². The van der Waals surface area contributed by atoms with Crippen molar-refractivity contribution in [2.75, 3.05) is 7.05 Å². The first-order valence-electron chi connectivity index (χ1n) is 9.48. The minimum Gasteiger partial charge on any atom is -0.357 e. The minimum atomic E-state index is -0.479. The Kier molecular flexibility index (Phi) is 7.17. The highest BCUT2D eigenvalue weighted by atomic mass is 16.2. The molecule has 4 nitrogen and oxygen atoms in total. The van der Waals surface area contributed by atoms with Gasteiger partial charge in [-0.2, -0.15) is 0 Å². The number of hydrogen-bond acceptors (Lipinski definition) is 2. The maximum Gasteiger partial charge on any atom is 0.242 e. The molecule has 2 aromatic rings. The molecule has 0 heterocycles. The van der Waals surface area contributed by atoms with Gasteiger partial charge in [0.1, 0.15) is 6.04 Å². The molecule has 2 aromatic carbocycles. The van der Waals surface area contributed by atoms with Crippen LogP contribution in [0, 0.1) is 20.8 Å². The van der Waals surface area contributed by atoms with Crippen LogP contribution >= 0.6 is 0 Å². The molecule has 1 atom stereocenters. The van der Waals surface area contributed by atoms with Crippen molar-refractivity contribution in [1.82, 2.24) is 10.2 Å². The molecule has 0 aliphatic rings. The van der Waals surface area contributed by atoms with Crippen molar-refractivity contribution in [3.8, 4) is 0 Å². The van der Waals surface area contributed by atoms with Crippen LogP contribution in [0.5, 0.6) is 0 Å². The third-order valence-electron chi connectivity index (χ3n) is 4.91. The molecular weight excluding hydrogens is 336 g/mol. The Morgan fingerprint density at radius 2 is 1.74 bits per heavy atom. The fourth-order valence-corrected chi connectivity index (χ4v) is 3.35. The summed E-state index contributed by atoms with van der Waals surface area (Å²) < 4.78 is 0. The molecule has 0 saturated heterocycles. The average Bonchev–Trinajstić information content (AvgIpc) is 2.64. The lowest BCUT2D eigenvalue weighted by molar-refractivity contribution is -0.140. The first kappa shape index (κ1) is 20.7.